The molecule has 0 bridgehead atoms. The zero-order chi connectivity index (χ0) is 21.1. The van der Waals surface area contributed by atoms with E-state index >= 15 is 0 Å². The molecule has 0 saturated heterocycles. The van der Waals surface area contributed by atoms with Crippen LogP contribution in [0.2, 0.25) is 0 Å². The van der Waals surface area contributed by atoms with E-state index in [9.17, 15) is 14.4 Å². The van der Waals surface area contributed by atoms with Crippen molar-refractivity contribution in [2.75, 3.05) is 24.1 Å². The van der Waals surface area contributed by atoms with Crippen LogP contribution in [0.3, 0.4) is 0 Å². The molecular weight excluding hydrogens is 385 g/mol. The SMILES string of the molecule is N#Cc1c(N)ncnc1NCCc1nc2ccc(F)cc2cc1C(=O)NCC1CC1. The molecule has 8 nitrogen and oxygen atoms in total. The Morgan fingerprint density at radius 3 is 2.90 bits per heavy atom. The van der Waals surface area contributed by atoms with E-state index in [2.05, 4.69) is 25.6 Å². The van der Waals surface area contributed by atoms with Crippen molar-refractivity contribution in [3.05, 3.63) is 53.2 Å². The van der Waals surface area contributed by atoms with Crippen LogP contribution in [0.1, 0.15) is 34.5 Å². The first-order valence-corrected chi connectivity index (χ1v) is 9.67. The molecule has 1 aromatic carbocycles. The van der Waals surface area contributed by atoms with Crippen LogP contribution in [0, 0.1) is 23.1 Å². The lowest BCUT2D eigenvalue weighted by molar-refractivity contribution is 0.0950. The molecular formula is C21H20FN7O. The third-order valence-corrected chi connectivity index (χ3v) is 4.99. The van der Waals surface area contributed by atoms with E-state index in [4.69, 9.17) is 5.73 Å². The van der Waals surface area contributed by atoms with Crippen LogP contribution >= 0.6 is 0 Å². The van der Waals surface area contributed by atoms with Gasteiger partial charge in [0, 0.05) is 24.9 Å². The summed E-state index contributed by atoms with van der Waals surface area (Å²) < 4.78 is 13.6. The first-order valence-electron chi connectivity index (χ1n) is 9.67. The molecule has 30 heavy (non-hydrogen) atoms. The van der Waals surface area contributed by atoms with Gasteiger partial charge in [-0.25, -0.2) is 14.4 Å². The van der Waals surface area contributed by atoms with Crippen LogP contribution in [0.5, 0.6) is 0 Å². The lowest BCUT2D eigenvalue weighted by Crippen LogP contribution is -2.27. The number of rotatable bonds is 7. The fourth-order valence-corrected chi connectivity index (χ4v) is 3.17. The highest BCUT2D eigenvalue weighted by molar-refractivity contribution is 5.98. The number of hydrogen-bond donors (Lipinski definition) is 3. The lowest BCUT2D eigenvalue weighted by Gasteiger charge is -2.13. The van der Waals surface area contributed by atoms with Gasteiger partial charge in [0.25, 0.3) is 5.91 Å². The Kier molecular flexibility index (Phi) is 5.39. The van der Waals surface area contributed by atoms with Gasteiger partial charge in [0.05, 0.1) is 16.8 Å². The summed E-state index contributed by atoms with van der Waals surface area (Å²) >= 11 is 0. The van der Waals surface area contributed by atoms with Crippen molar-refractivity contribution in [3.63, 3.8) is 0 Å². The van der Waals surface area contributed by atoms with E-state index in [1.54, 1.807) is 12.1 Å². The Hall–Kier alpha value is -3.80. The lowest BCUT2D eigenvalue weighted by atomic mass is 10.1. The topological polar surface area (TPSA) is 130 Å². The second-order valence-corrected chi connectivity index (χ2v) is 7.24. The Labute approximate surface area is 172 Å². The van der Waals surface area contributed by atoms with E-state index in [1.807, 2.05) is 6.07 Å². The molecule has 4 rings (SSSR count). The fourth-order valence-electron chi connectivity index (χ4n) is 3.17. The Balaban J connectivity index is 1.57. The van der Waals surface area contributed by atoms with Crippen molar-refractivity contribution >= 4 is 28.4 Å². The summed E-state index contributed by atoms with van der Waals surface area (Å²) in [6.45, 7) is 0.997. The number of carbonyl (C=O) groups excluding carboxylic acids is 1. The number of aromatic nitrogens is 3. The van der Waals surface area contributed by atoms with Gasteiger partial charge in [-0.05, 0) is 43.0 Å². The summed E-state index contributed by atoms with van der Waals surface area (Å²) in [7, 11) is 0. The van der Waals surface area contributed by atoms with Crippen LogP contribution in [-0.2, 0) is 6.42 Å². The number of nitriles is 1. The van der Waals surface area contributed by atoms with E-state index < -0.39 is 0 Å². The maximum absolute atomic E-state index is 13.6. The first kappa shape index (κ1) is 19.5. The number of hydrogen-bond acceptors (Lipinski definition) is 7. The standard InChI is InChI=1S/C21H20FN7O/c22-14-3-4-17-13(7-14)8-15(21(30)26-10-12-1-2-12)18(29-17)5-6-25-20-16(9-23)19(24)27-11-28-20/h3-4,7-8,11-12H,1-2,5-6,10H2,(H,26,30)(H3,24,25,27,28). The number of benzene rings is 1. The molecule has 3 aromatic rings. The van der Waals surface area contributed by atoms with E-state index in [0.29, 0.717) is 53.4 Å². The number of nitrogens with two attached hydrogens (primary N) is 1. The molecule has 0 aliphatic heterocycles. The number of halogens is 1. The summed E-state index contributed by atoms with van der Waals surface area (Å²) in [5.41, 5.74) is 7.47. The predicted octanol–water partition coefficient (Wildman–Crippen LogP) is 2.41. The number of anilines is 2. The molecule has 0 atom stereocenters. The predicted molar refractivity (Wildman–Crippen MR) is 110 cm³/mol. The smallest absolute Gasteiger partial charge is 0.253 e. The molecule has 4 N–H and O–H groups in total. The highest BCUT2D eigenvalue weighted by Gasteiger charge is 2.23. The molecule has 9 heteroatoms. The van der Waals surface area contributed by atoms with Crippen molar-refractivity contribution < 1.29 is 9.18 Å². The van der Waals surface area contributed by atoms with Gasteiger partial charge in [0.1, 0.15) is 35.4 Å². The minimum atomic E-state index is -0.381. The molecule has 0 radical (unpaired) electrons. The summed E-state index contributed by atoms with van der Waals surface area (Å²) in [6, 6.07) is 7.95. The molecule has 152 valence electrons. The Morgan fingerprint density at radius 1 is 1.30 bits per heavy atom. The van der Waals surface area contributed by atoms with Gasteiger partial charge in [0.15, 0.2) is 0 Å². The number of nitrogen functional groups attached to an aromatic ring is 1. The molecule has 2 aromatic heterocycles. The molecule has 1 amide bonds. The van der Waals surface area contributed by atoms with Gasteiger partial charge in [-0.2, -0.15) is 5.26 Å². The molecule has 1 saturated carbocycles. The highest BCUT2D eigenvalue weighted by Crippen LogP contribution is 2.28. The molecule has 2 heterocycles. The normalized spacial score (nSPS) is 13.1. The second kappa shape index (κ2) is 8.29. The average molecular weight is 405 g/mol. The molecule has 1 fully saturated rings. The minimum Gasteiger partial charge on any atom is -0.382 e. The number of nitrogens with one attached hydrogen (secondary N) is 2. The Morgan fingerprint density at radius 2 is 2.13 bits per heavy atom. The van der Waals surface area contributed by atoms with Gasteiger partial charge >= 0.3 is 0 Å². The Bertz CT molecular complexity index is 1150. The quantitative estimate of drug-likeness (QED) is 0.550. The molecule has 1 aliphatic carbocycles. The van der Waals surface area contributed by atoms with Crippen LogP contribution in [0.15, 0.2) is 30.6 Å². The van der Waals surface area contributed by atoms with Crippen molar-refractivity contribution in [2.24, 2.45) is 5.92 Å². The van der Waals surface area contributed by atoms with Crippen molar-refractivity contribution in [1.29, 1.82) is 5.26 Å². The third-order valence-electron chi connectivity index (χ3n) is 4.99. The number of fused-ring (bicyclic) bond motifs is 1. The number of carbonyl (C=O) groups is 1. The van der Waals surface area contributed by atoms with Crippen molar-refractivity contribution in [2.45, 2.75) is 19.3 Å². The maximum Gasteiger partial charge on any atom is 0.253 e. The summed E-state index contributed by atoms with van der Waals surface area (Å²) in [5, 5.41) is 15.8. The number of nitrogens with zero attached hydrogens (tertiary/aromatic N) is 4. The first-order chi connectivity index (χ1) is 14.5. The summed E-state index contributed by atoms with van der Waals surface area (Å²) in [5.74, 6) is 0.360. The largest absolute Gasteiger partial charge is 0.382 e. The van der Waals surface area contributed by atoms with Crippen LogP contribution in [0.4, 0.5) is 16.0 Å². The van der Waals surface area contributed by atoms with Gasteiger partial charge in [0.2, 0.25) is 0 Å². The maximum atomic E-state index is 13.6. The fraction of sp³-hybridized carbons (Fsp3) is 0.286. The van der Waals surface area contributed by atoms with E-state index in [1.165, 1.54) is 18.5 Å². The van der Waals surface area contributed by atoms with Crippen LogP contribution < -0.4 is 16.4 Å². The zero-order valence-corrected chi connectivity index (χ0v) is 16.2. The average Bonchev–Trinajstić information content (AvgIpc) is 3.56. The zero-order valence-electron chi connectivity index (χ0n) is 16.2. The van der Waals surface area contributed by atoms with E-state index in [0.717, 1.165) is 12.8 Å². The molecule has 0 spiro atoms. The van der Waals surface area contributed by atoms with Crippen LogP contribution in [-0.4, -0.2) is 33.9 Å². The molecule has 1 aliphatic rings. The van der Waals surface area contributed by atoms with Gasteiger partial charge < -0.3 is 16.4 Å². The molecule has 0 unspecified atom stereocenters. The van der Waals surface area contributed by atoms with Crippen molar-refractivity contribution in [1.82, 2.24) is 20.3 Å². The van der Waals surface area contributed by atoms with Gasteiger partial charge in [-0.1, -0.05) is 0 Å². The number of amides is 1. The minimum absolute atomic E-state index is 0.0981. The second-order valence-electron chi connectivity index (χ2n) is 7.24. The summed E-state index contributed by atoms with van der Waals surface area (Å²) in [4.78, 5) is 25.2. The van der Waals surface area contributed by atoms with Gasteiger partial charge in [-0.15, -0.1) is 0 Å². The van der Waals surface area contributed by atoms with Gasteiger partial charge in [-0.3, -0.25) is 9.78 Å². The third kappa shape index (κ3) is 4.27. The summed E-state index contributed by atoms with van der Waals surface area (Å²) in [6.07, 6.45) is 3.93. The van der Waals surface area contributed by atoms with Crippen LogP contribution in [0.25, 0.3) is 10.9 Å². The van der Waals surface area contributed by atoms with E-state index in [-0.39, 0.29) is 23.1 Å². The number of pyridine rings is 1. The van der Waals surface area contributed by atoms with Crippen molar-refractivity contribution in [3.8, 4) is 6.07 Å². The monoisotopic (exact) mass is 405 g/mol. The highest BCUT2D eigenvalue weighted by atomic mass is 19.1.